The van der Waals surface area contributed by atoms with Crippen LogP contribution in [0, 0.1) is 11.8 Å². The van der Waals surface area contributed by atoms with E-state index in [0.29, 0.717) is 10.8 Å². The predicted molar refractivity (Wildman–Crippen MR) is 87.6 cm³/mol. The standard InChI is InChI=1S/C15H20N2O2S2/c1-20-14-8-7-13(11-14)17-21(18,19)15-6-2-4-12(10-15)5-3-9-16/h2,4,6,10,13-14,17H,7-9,11,16H2,1H3. The van der Waals surface area contributed by atoms with Gasteiger partial charge in [0, 0.05) is 16.9 Å². The summed E-state index contributed by atoms with van der Waals surface area (Å²) in [5.41, 5.74) is 5.99. The normalized spacial score (nSPS) is 21.8. The van der Waals surface area contributed by atoms with Crippen LogP contribution in [0.2, 0.25) is 0 Å². The molecule has 2 atom stereocenters. The Morgan fingerprint density at radius 3 is 2.90 bits per heavy atom. The first-order chi connectivity index (χ1) is 10.0. The largest absolute Gasteiger partial charge is 0.320 e. The zero-order valence-electron chi connectivity index (χ0n) is 12.0. The first-order valence-corrected chi connectivity index (χ1v) is 9.66. The van der Waals surface area contributed by atoms with Crippen LogP contribution in [0.4, 0.5) is 0 Å². The van der Waals surface area contributed by atoms with Crippen LogP contribution in [0.5, 0.6) is 0 Å². The third-order valence-corrected chi connectivity index (χ3v) is 6.13. The van der Waals surface area contributed by atoms with E-state index >= 15 is 0 Å². The van der Waals surface area contributed by atoms with Gasteiger partial charge in [-0.1, -0.05) is 17.9 Å². The monoisotopic (exact) mass is 324 g/mol. The summed E-state index contributed by atoms with van der Waals surface area (Å²) in [6.07, 6.45) is 4.93. The SMILES string of the molecule is CSC1CCC(NS(=O)(=O)c2cccc(C#CCN)c2)C1. The summed E-state index contributed by atoms with van der Waals surface area (Å²) in [5, 5.41) is 0.555. The predicted octanol–water partition coefficient (Wildman–Crippen LogP) is 1.56. The quantitative estimate of drug-likeness (QED) is 0.825. The number of hydrogen-bond acceptors (Lipinski definition) is 4. The van der Waals surface area contributed by atoms with Gasteiger partial charge in [0.05, 0.1) is 11.4 Å². The minimum atomic E-state index is -3.48. The highest BCUT2D eigenvalue weighted by Crippen LogP contribution is 2.29. The summed E-state index contributed by atoms with van der Waals surface area (Å²) in [5.74, 6) is 5.59. The molecular formula is C15H20N2O2S2. The van der Waals surface area contributed by atoms with Crippen molar-refractivity contribution >= 4 is 21.8 Å². The molecule has 1 saturated carbocycles. The first kappa shape index (κ1) is 16.4. The van der Waals surface area contributed by atoms with Gasteiger partial charge in [0.15, 0.2) is 0 Å². The van der Waals surface area contributed by atoms with Gasteiger partial charge < -0.3 is 5.73 Å². The molecule has 0 amide bonds. The van der Waals surface area contributed by atoms with Crippen LogP contribution < -0.4 is 10.5 Å². The molecule has 4 nitrogen and oxygen atoms in total. The molecule has 0 spiro atoms. The molecule has 0 bridgehead atoms. The van der Waals surface area contributed by atoms with E-state index in [1.165, 1.54) is 0 Å². The summed E-state index contributed by atoms with van der Waals surface area (Å²) < 4.78 is 27.6. The number of benzene rings is 1. The highest BCUT2D eigenvalue weighted by Gasteiger charge is 2.28. The van der Waals surface area contributed by atoms with Gasteiger partial charge >= 0.3 is 0 Å². The molecule has 6 heteroatoms. The minimum Gasteiger partial charge on any atom is -0.320 e. The Balaban J connectivity index is 2.12. The lowest BCUT2D eigenvalue weighted by Gasteiger charge is -2.13. The number of nitrogens with two attached hydrogens (primary N) is 1. The summed E-state index contributed by atoms with van der Waals surface area (Å²) in [4.78, 5) is 0.263. The fraction of sp³-hybridized carbons (Fsp3) is 0.467. The Labute approximate surface area is 130 Å². The van der Waals surface area contributed by atoms with E-state index in [1.54, 1.807) is 36.0 Å². The van der Waals surface area contributed by atoms with Gasteiger partial charge in [-0.2, -0.15) is 11.8 Å². The van der Waals surface area contributed by atoms with Gasteiger partial charge in [-0.15, -0.1) is 0 Å². The number of thioether (sulfide) groups is 1. The van der Waals surface area contributed by atoms with Crippen molar-refractivity contribution in [2.75, 3.05) is 12.8 Å². The Morgan fingerprint density at radius 1 is 1.43 bits per heavy atom. The van der Waals surface area contributed by atoms with E-state index in [0.717, 1.165) is 19.3 Å². The van der Waals surface area contributed by atoms with Gasteiger partial charge in [-0.3, -0.25) is 0 Å². The van der Waals surface area contributed by atoms with Gasteiger partial charge in [-0.05, 0) is 43.7 Å². The molecule has 1 aromatic carbocycles. The molecule has 0 radical (unpaired) electrons. The summed E-state index contributed by atoms with van der Waals surface area (Å²) in [6.45, 7) is 0.257. The van der Waals surface area contributed by atoms with E-state index in [4.69, 9.17) is 5.73 Å². The second-order valence-corrected chi connectivity index (χ2v) is 7.87. The molecule has 1 aliphatic rings. The Bertz CT molecular complexity index is 647. The maximum Gasteiger partial charge on any atom is 0.240 e. The average molecular weight is 324 g/mol. The molecule has 2 unspecified atom stereocenters. The van der Waals surface area contributed by atoms with E-state index < -0.39 is 10.0 Å². The number of rotatable bonds is 4. The smallest absolute Gasteiger partial charge is 0.240 e. The van der Waals surface area contributed by atoms with Crippen LogP contribution in [0.1, 0.15) is 24.8 Å². The number of nitrogens with one attached hydrogen (secondary N) is 1. The van der Waals surface area contributed by atoms with E-state index in [2.05, 4.69) is 22.8 Å². The molecule has 3 N–H and O–H groups in total. The number of hydrogen-bond donors (Lipinski definition) is 2. The highest BCUT2D eigenvalue weighted by molar-refractivity contribution is 7.99. The van der Waals surface area contributed by atoms with Crippen molar-refractivity contribution in [3.8, 4) is 11.8 Å². The van der Waals surface area contributed by atoms with Crippen molar-refractivity contribution in [1.29, 1.82) is 0 Å². The third kappa shape index (κ3) is 4.48. The minimum absolute atomic E-state index is 0.0335. The fourth-order valence-electron chi connectivity index (χ4n) is 2.44. The maximum atomic E-state index is 12.4. The highest BCUT2D eigenvalue weighted by atomic mass is 32.2. The average Bonchev–Trinajstić information content (AvgIpc) is 2.92. The Kier molecular flexibility index (Phi) is 5.71. The van der Waals surface area contributed by atoms with E-state index in [-0.39, 0.29) is 17.5 Å². The van der Waals surface area contributed by atoms with Crippen molar-refractivity contribution in [2.24, 2.45) is 5.73 Å². The lowest BCUT2D eigenvalue weighted by molar-refractivity contribution is 0.552. The third-order valence-electron chi connectivity index (χ3n) is 3.52. The molecule has 2 rings (SSSR count). The van der Waals surface area contributed by atoms with Gasteiger partial charge in [0.2, 0.25) is 10.0 Å². The van der Waals surface area contributed by atoms with Crippen molar-refractivity contribution in [3.63, 3.8) is 0 Å². The van der Waals surface area contributed by atoms with Crippen LogP contribution in [0.15, 0.2) is 29.2 Å². The van der Waals surface area contributed by atoms with Crippen LogP contribution in [0.3, 0.4) is 0 Å². The molecule has 21 heavy (non-hydrogen) atoms. The lowest BCUT2D eigenvalue weighted by Crippen LogP contribution is -2.33. The van der Waals surface area contributed by atoms with Crippen molar-refractivity contribution in [1.82, 2.24) is 4.72 Å². The van der Waals surface area contributed by atoms with Crippen molar-refractivity contribution < 1.29 is 8.42 Å². The van der Waals surface area contributed by atoms with Gasteiger partial charge in [0.25, 0.3) is 0 Å². The lowest BCUT2D eigenvalue weighted by atomic mass is 10.2. The second kappa shape index (κ2) is 7.32. The Hall–Kier alpha value is -1.00. The van der Waals surface area contributed by atoms with Gasteiger partial charge in [0.1, 0.15) is 0 Å². The Morgan fingerprint density at radius 2 is 2.24 bits per heavy atom. The molecule has 1 aromatic rings. The first-order valence-electron chi connectivity index (χ1n) is 6.89. The molecule has 114 valence electrons. The van der Waals surface area contributed by atoms with Crippen molar-refractivity contribution in [2.45, 2.75) is 35.4 Å². The molecule has 0 saturated heterocycles. The number of sulfonamides is 1. The second-order valence-electron chi connectivity index (χ2n) is 5.02. The maximum absolute atomic E-state index is 12.4. The van der Waals surface area contributed by atoms with E-state index in [1.807, 2.05) is 0 Å². The molecule has 1 aliphatic carbocycles. The molecule has 0 heterocycles. The van der Waals surface area contributed by atoms with Crippen LogP contribution in [0.25, 0.3) is 0 Å². The van der Waals surface area contributed by atoms with E-state index in [9.17, 15) is 8.42 Å². The fourth-order valence-corrected chi connectivity index (χ4v) is 4.57. The molecular weight excluding hydrogens is 304 g/mol. The van der Waals surface area contributed by atoms with Gasteiger partial charge in [-0.25, -0.2) is 13.1 Å². The summed E-state index contributed by atoms with van der Waals surface area (Å²) in [7, 11) is -3.48. The topological polar surface area (TPSA) is 72.2 Å². The molecule has 0 aromatic heterocycles. The zero-order chi connectivity index (χ0) is 15.3. The summed E-state index contributed by atoms with van der Waals surface area (Å²) >= 11 is 1.80. The van der Waals surface area contributed by atoms with Crippen LogP contribution in [-0.2, 0) is 10.0 Å². The zero-order valence-corrected chi connectivity index (χ0v) is 13.6. The summed E-state index contributed by atoms with van der Waals surface area (Å²) in [6, 6.07) is 6.70. The van der Waals surface area contributed by atoms with Crippen LogP contribution >= 0.6 is 11.8 Å². The molecule has 1 fully saturated rings. The van der Waals surface area contributed by atoms with Crippen LogP contribution in [-0.4, -0.2) is 32.5 Å². The van der Waals surface area contributed by atoms with Crippen molar-refractivity contribution in [3.05, 3.63) is 29.8 Å². The molecule has 0 aliphatic heterocycles.